The van der Waals surface area contributed by atoms with Gasteiger partial charge in [0.1, 0.15) is 6.04 Å². The number of carbonyl (C=O) groups is 2. The van der Waals surface area contributed by atoms with Crippen LogP contribution in [0.4, 0.5) is 4.79 Å². The molecule has 18 heavy (non-hydrogen) atoms. The molecule has 0 aliphatic carbocycles. The van der Waals surface area contributed by atoms with Crippen LogP contribution in [0, 0.1) is 5.92 Å². The zero-order chi connectivity index (χ0) is 13.5. The average Bonchev–Trinajstić information content (AvgIpc) is 2.76. The number of nitrogens with zero attached hydrogens (tertiary/aromatic N) is 1. The number of hydrogen-bond acceptors (Lipinski definition) is 3. The lowest BCUT2D eigenvalue weighted by molar-refractivity contribution is -0.141. The number of urea groups is 1. The maximum absolute atomic E-state index is 11.8. The van der Waals surface area contributed by atoms with Crippen LogP contribution in [0.25, 0.3) is 0 Å². The van der Waals surface area contributed by atoms with E-state index in [-0.39, 0.29) is 6.03 Å². The van der Waals surface area contributed by atoms with Crippen molar-refractivity contribution in [1.29, 1.82) is 0 Å². The first kappa shape index (κ1) is 14.8. The Morgan fingerprint density at radius 3 is 2.83 bits per heavy atom. The smallest absolute Gasteiger partial charge is 0.326 e. The molecule has 1 heterocycles. The van der Waals surface area contributed by atoms with Crippen molar-refractivity contribution in [3.8, 4) is 0 Å². The van der Waals surface area contributed by atoms with E-state index >= 15 is 0 Å². The molecule has 0 bridgehead atoms. The summed E-state index contributed by atoms with van der Waals surface area (Å²) in [6, 6.07) is -0.991. The van der Waals surface area contributed by atoms with Crippen molar-refractivity contribution in [2.45, 2.75) is 32.7 Å². The second-order valence-corrected chi connectivity index (χ2v) is 4.89. The van der Waals surface area contributed by atoms with Gasteiger partial charge < -0.3 is 20.1 Å². The van der Waals surface area contributed by atoms with Gasteiger partial charge in [-0.3, -0.25) is 0 Å². The molecule has 0 spiro atoms. The van der Waals surface area contributed by atoms with Crippen molar-refractivity contribution >= 4 is 12.0 Å². The SMILES string of the molecule is CC(C)COCCNC(=O)N1CCCC1C(=O)O. The molecule has 6 nitrogen and oxygen atoms in total. The molecule has 1 aliphatic rings. The third kappa shape index (κ3) is 4.52. The average molecular weight is 258 g/mol. The standard InChI is InChI=1S/C12H22N2O4/c1-9(2)8-18-7-5-13-12(17)14-6-3-4-10(14)11(15)16/h9-10H,3-8H2,1-2H3,(H,13,17)(H,15,16). The van der Waals surface area contributed by atoms with Gasteiger partial charge in [-0.25, -0.2) is 9.59 Å². The molecule has 0 radical (unpaired) electrons. The van der Waals surface area contributed by atoms with E-state index in [4.69, 9.17) is 9.84 Å². The molecule has 0 aromatic carbocycles. The van der Waals surface area contributed by atoms with Gasteiger partial charge in [-0.2, -0.15) is 0 Å². The number of nitrogens with one attached hydrogen (secondary N) is 1. The topological polar surface area (TPSA) is 78.9 Å². The monoisotopic (exact) mass is 258 g/mol. The van der Waals surface area contributed by atoms with E-state index in [0.717, 1.165) is 6.42 Å². The Kier molecular flexibility index (Phi) is 5.91. The van der Waals surface area contributed by atoms with Gasteiger partial charge in [-0.1, -0.05) is 13.8 Å². The Labute approximate surface area is 107 Å². The molecule has 104 valence electrons. The number of carboxylic acids is 1. The minimum Gasteiger partial charge on any atom is -0.480 e. The van der Waals surface area contributed by atoms with Crippen molar-refractivity contribution in [3.63, 3.8) is 0 Å². The van der Waals surface area contributed by atoms with E-state index in [1.54, 1.807) is 0 Å². The summed E-state index contributed by atoms with van der Waals surface area (Å²) < 4.78 is 5.33. The highest BCUT2D eigenvalue weighted by Gasteiger charge is 2.33. The predicted octanol–water partition coefficient (Wildman–Crippen LogP) is 0.918. The van der Waals surface area contributed by atoms with Crippen LogP contribution < -0.4 is 5.32 Å². The highest BCUT2D eigenvalue weighted by atomic mass is 16.5. The van der Waals surface area contributed by atoms with Crippen LogP contribution in [0.5, 0.6) is 0 Å². The van der Waals surface area contributed by atoms with Crippen molar-refractivity contribution in [2.24, 2.45) is 5.92 Å². The molecular formula is C12H22N2O4. The first-order valence-corrected chi connectivity index (χ1v) is 6.37. The van der Waals surface area contributed by atoms with Gasteiger partial charge in [-0.05, 0) is 18.8 Å². The number of rotatable bonds is 6. The number of carbonyl (C=O) groups excluding carboxylic acids is 1. The van der Waals surface area contributed by atoms with Gasteiger partial charge in [0.2, 0.25) is 0 Å². The van der Waals surface area contributed by atoms with E-state index in [9.17, 15) is 9.59 Å². The van der Waals surface area contributed by atoms with Gasteiger partial charge in [0.15, 0.2) is 0 Å². The summed E-state index contributed by atoms with van der Waals surface area (Å²) in [6.45, 7) is 6.15. The number of aliphatic carboxylic acids is 1. The Balaban J connectivity index is 2.22. The lowest BCUT2D eigenvalue weighted by Gasteiger charge is -2.21. The van der Waals surface area contributed by atoms with Crippen LogP contribution in [0.15, 0.2) is 0 Å². The molecule has 1 saturated heterocycles. The summed E-state index contributed by atoms with van der Waals surface area (Å²) in [7, 11) is 0. The largest absolute Gasteiger partial charge is 0.480 e. The molecule has 1 rings (SSSR count). The van der Waals surface area contributed by atoms with Gasteiger partial charge >= 0.3 is 12.0 Å². The number of ether oxygens (including phenoxy) is 1. The number of likely N-dealkylation sites (tertiary alicyclic amines) is 1. The molecule has 1 atom stereocenters. The van der Waals surface area contributed by atoms with Crippen LogP contribution >= 0.6 is 0 Å². The molecule has 1 fully saturated rings. The number of carboxylic acid groups (broad SMARTS) is 1. The predicted molar refractivity (Wildman–Crippen MR) is 66.4 cm³/mol. The van der Waals surface area contributed by atoms with Gasteiger partial charge in [0.25, 0.3) is 0 Å². The first-order chi connectivity index (χ1) is 8.52. The van der Waals surface area contributed by atoms with Gasteiger partial charge in [0.05, 0.1) is 6.61 Å². The van der Waals surface area contributed by atoms with Crippen molar-refractivity contribution in [3.05, 3.63) is 0 Å². The van der Waals surface area contributed by atoms with E-state index in [2.05, 4.69) is 19.2 Å². The lowest BCUT2D eigenvalue weighted by atomic mass is 10.2. The molecule has 1 aliphatic heterocycles. The maximum Gasteiger partial charge on any atom is 0.326 e. The second kappa shape index (κ2) is 7.20. The number of amides is 2. The molecule has 6 heteroatoms. The van der Waals surface area contributed by atoms with Crippen LogP contribution in [0.2, 0.25) is 0 Å². The Hall–Kier alpha value is -1.30. The summed E-state index contributed by atoms with van der Waals surface area (Å²) in [6.07, 6.45) is 1.28. The highest BCUT2D eigenvalue weighted by molar-refractivity contribution is 5.83. The third-order valence-electron chi connectivity index (χ3n) is 2.77. The van der Waals surface area contributed by atoms with Crippen LogP contribution in [-0.4, -0.2) is 54.4 Å². The van der Waals surface area contributed by atoms with E-state index in [1.807, 2.05) is 0 Å². The summed E-state index contributed by atoms with van der Waals surface area (Å²) in [5.74, 6) is -0.464. The Bertz CT molecular complexity index is 294. The zero-order valence-electron chi connectivity index (χ0n) is 11.0. The van der Waals surface area contributed by atoms with Crippen molar-refractivity contribution < 1.29 is 19.4 Å². The summed E-state index contributed by atoms with van der Waals surface area (Å²) in [5.41, 5.74) is 0. The Morgan fingerprint density at radius 1 is 1.50 bits per heavy atom. The second-order valence-electron chi connectivity index (χ2n) is 4.89. The molecule has 0 aromatic heterocycles. The first-order valence-electron chi connectivity index (χ1n) is 6.37. The third-order valence-corrected chi connectivity index (χ3v) is 2.77. The quantitative estimate of drug-likeness (QED) is 0.694. The van der Waals surface area contributed by atoms with Crippen LogP contribution in [0.1, 0.15) is 26.7 Å². The van der Waals surface area contributed by atoms with E-state index in [1.165, 1.54) is 4.90 Å². The fraction of sp³-hybridized carbons (Fsp3) is 0.833. The summed E-state index contributed by atoms with van der Waals surface area (Å²) in [5, 5.41) is 11.6. The van der Waals surface area contributed by atoms with Crippen LogP contribution in [-0.2, 0) is 9.53 Å². The Morgan fingerprint density at radius 2 is 2.22 bits per heavy atom. The fourth-order valence-electron chi connectivity index (χ4n) is 1.92. The minimum absolute atomic E-state index is 0.312. The van der Waals surface area contributed by atoms with Gasteiger partial charge in [-0.15, -0.1) is 0 Å². The molecule has 1 unspecified atom stereocenters. The normalized spacial score (nSPS) is 19.3. The summed E-state index contributed by atoms with van der Waals surface area (Å²) in [4.78, 5) is 24.1. The molecule has 0 saturated carbocycles. The summed E-state index contributed by atoms with van der Waals surface area (Å²) >= 11 is 0. The molecule has 2 N–H and O–H groups in total. The highest BCUT2D eigenvalue weighted by Crippen LogP contribution is 2.16. The maximum atomic E-state index is 11.8. The number of hydrogen-bond donors (Lipinski definition) is 2. The fourth-order valence-corrected chi connectivity index (χ4v) is 1.92. The van der Waals surface area contributed by atoms with Crippen molar-refractivity contribution in [1.82, 2.24) is 10.2 Å². The molecule has 0 aromatic rings. The molecule has 2 amide bonds. The van der Waals surface area contributed by atoms with E-state index in [0.29, 0.717) is 38.6 Å². The minimum atomic E-state index is -0.932. The lowest BCUT2D eigenvalue weighted by Crippen LogP contribution is -2.46. The zero-order valence-corrected chi connectivity index (χ0v) is 11.0. The van der Waals surface area contributed by atoms with Crippen LogP contribution in [0.3, 0.4) is 0 Å². The van der Waals surface area contributed by atoms with E-state index < -0.39 is 12.0 Å². The molecular weight excluding hydrogens is 236 g/mol. The van der Waals surface area contributed by atoms with Crippen molar-refractivity contribution in [2.75, 3.05) is 26.3 Å². The van der Waals surface area contributed by atoms with Gasteiger partial charge in [0, 0.05) is 19.7 Å².